The topological polar surface area (TPSA) is 46.6 Å². The summed E-state index contributed by atoms with van der Waals surface area (Å²) in [6.07, 6.45) is -0.372. The SMILES string of the molecule is CN(C(=O)OC(C)(C)C)C(C=O)c1cc(F)c(F)cc1Cl. The van der Waals surface area contributed by atoms with Crippen molar-refractivity contribution >= 4 is 24.0 Å². The van der Waals surface area contributed by atoms with E-state index in [0.29, 0.717) is 6.29 Å². The number of halogens is 3. The van der Waals surface area contributed by atoms with Crippen LogP contribution in [0, 0.1) is 11.6 Å². The molecular weight excluding hydrogens is 304 g/mol. The Labute approximate surface area is 126 Å². The predicted molar refractivity (Wildman–Crippen MR) is 74.2 cm³/mol. The second kappa shape index (κ2) is 6.39. The summed E-state index contributed by atoms with van der Waals surface area (Å²) >= 11 is 5.81. The van der Waals surface area contributed by atoms with E-state index in [1.807, 2.05) is 0 Å². The van der Waals surface area contributed by atoms with Crippen LogP contribution in [0.4, 0.5) is 13.6 Å². The number of hydrogen-bond acceptors (Lipinski definition) is 3. The molecule has 116 valence electrons. The van der Waals surface area contributed by atoms with Crippen molar-refractivity contribution in [1.29, 1.82) is 0 Å². The fraction of sp³-hybridized carbons (Fsp3) is 0.429. The molecule has 1 aromatic rings. The molecule has 0 spiro atoms. The maximum absolute atomic E-state index is 13.3. The largest absolute Gasteiger partial charge is 0.444 e. The molecule has 0 aliphatic heterocycles. The Morgan fingerprint density at radius 2 is 1.86 bits per heavy atom. The lowest BCUT2D eigenvalue weighted by Gasteiger charge is -2.28. The molecule has 0 aliphatic carbocycles. The minimum atomic E-state index is -1.18. The molecule has 7 heteroatoms. The van der Waals surface area contributed by atoms with Gasteiger partial charge in [-0.25, -0.2) is 13.6 Å². The first kappa shape index (κ1) is 17.4. The number of carbonyl (C=O) groups is 2. The van der Waals surface area contributed by atoms with Crippen LogP contribution in [0.15, 0.2) is 12.1 Å². The Morgan fingerprint density at radius 3 is 2.33 bits per heavy atom. The molecule has 0 aliphatic rings. The zero-order valence-corrected chi connectivity index (χ0v) is 12.9. The summed E-state index contributed by atoms with van der Waals surface area (Å²) in [5.74, 6) is -2.29. The van der Waals surface area contributed by atoms with E-state index in [9.17, 15) is 18.4 Å². The van der Waals surface area contributed by atoms with Crippen LogP contribution in [0.5, 0.6) is 0 Å². The standard InChI is InChI=1S/C14H16ClF2NO3/c1-14(2,3)21-13(20)18(4)12(7-19)8-5-10(16)11(17)6-9(8)15/h5-7,12H,1-4H3. The molecule has 1 amide bonds. The van der Waals surface area contributed by atoms with Crippen molar-refractivity contribution in [2.24, 2.45) is 0 Å². The van der Waals surface area contributed by atoms with E-state index >= 15 is 0 Å². The number of amides is 1. The molecule has 0 saturated heterocycles. The van der Waals surface area contributed by atoms with Gasteiger partial charge in [-0.15, -0.1) is 0 Å². The van der Waals surface area contributed by atoms with E-state index in [2.05, 4.69) is 0 Å². The molecule has 21 heavy (non-hydrogen) atoms. The number of nitrogens with zero attached hydrogens (tertiary/aromatic N) is 1. The zero-order valence-electron chi connectivity index (χ0n) is 12.1. The Hall–Kier alpha value is -1.69. The maximum atomic E-state index is 13.3. The van der Waals surface area contributed by atoms with Crippen LogP contribution in [0.2, 0.25) is 5.02 Å². The lowest BCUT2D eigenvalue weighted by molar-refractivity contribution is -0.112. The molecule has 1 rings (SSSR count). The van der Waals surface area contributed by atoms with Gasteiger partial charge in [0, 0.05) is 17.6 Å². The monoisotopic (exact) mass is 319 g/mol. The second-order valence-electron chi connectivity index (χ2n) is 5.46. The summed E-state index contributed by atoms with van der Waals surface area (Å²) in [7, 11) is 1.31. The Kier molecular flexibility index (Phi) is 5.28. The molecule has 4 nitrogen and oxygen atoms in total. The van der Waals surface area contributed by atoms with E-state index < -0.39 is 29.4 Å². The van der Waals surface area contributed by atoms with Crippen LogP contribution in [-0.2, 0) is 9.53 Å². The lowest BCUT2D eigenvalue weighted by atomic mass is 10.1. The van der Waals surface area contributed by atoms with Crippen molar-refractivity contribution < 1.29 is 23.1 Å². The third kappa shape index (κ3) is 4.39. The highest BCUT2D eigenvalue weighted by molar-refractivity contribution is 6.31. The first-order valence-electron chi connectivity index (χ1n) is 6.12. The zero-order chi connectivity index (χ0) is 16.4. The van der Waals surface area contributed by atoms with Crippen LogP contribution >= 0.6 is 11.6 Å². The highest BCUT2D eigenvalue weighted by Gasteiger charge is 2.28. The van der Waals surface area contributed by atoms with Crippen LogP contribution in [0.1, 0.15) is 32.4 Å². The minimum Gasteiger partial charge on any atom is -0.444 e. The van der Waals surface area contributed by atoms with Gasteiger partial charge in [0.1, 0.15) is 17.9 Å². The number of carbonyl (C=O) groups excluding carboxylic acids is 2. The Morgan fingerprint density at radius 1 is 1.33 bits per heavy atom. The number of rotatable bonds is 3. The molecule has 1 aromatic carbocycles. The quantitative estimate of drug-likeness (QED) is 0.630. The summed E-state index contributed by atoms with van der Waals surface area (Å²) in [6, 6.07) is 0.367. The molecule has 0 fully saturated rings. The van der Waals surface area contributed by atoms with Gasteiger partial charge in [-0.2, -0.15) is 0 Å². The lowest BCUT2D eigenvalue weighted by Crippen LogP contribution is -2.37. The summed E-state index contributed by atoms with van der Waals surface area (Å²) in [4.78, 5) is 24.1. The summed E-state index contributed by atoms with van der Waals surface area (Å²) in [5.41, 5.74) is -0.768. The first-order valence-corrected chi connectivity index (χ1v) is 6.50. The highest BCUT2D eigenvalue weighted by Crippen LogP contribution is 2.28. The van der Waals surface area contributed by atoms with Crippen LogP contribution in [-0.4, -0.2) is 29.9 Å². The number of benzene rings is 1. The molecule has 0 bridgehead atoms. The normalized spacial score (nSPS) is 12.7. The van der Waals surface area contributed by atoms with Gasteiger partial charge in [0.15, 0.2) is 11.6 Å². The third-order valence-electron chi connectivity index (χ3n) is 2.59. The van der Waals surface area contributed by atoms with E-state index in [0.717, 1.165) is 17.0 Å². The van der Waals surface area contributed by atoms with Crippen molar-refractivity contribution in [1.82, 2.24) is 4.90 Å². The molecule has 1 unspecified atom stereocenters. The van der Waals surface area contributed by atoms with Crippen molar-refractivity contribution in [3.05, 3.63) is 34.4 Å². The maximum Gasteiger partial charge on any atom is 0.410 e. The van der Waals surface area contributed by atoms with Crippen molar-refractivity contribution in [2.75, 3.05) is 7.05 Å². The Balaban J connectivity index is 3.11. The fourth-order valence-electron chi connectivity index (χ4n) is 1.59. The minimum absolute atomic E-state index is 0.0149. The van der Waals surface area contributed by atoms with Gasteiger partial charge in [-0.05, 0) is 32.9 Å². The van der Waals surface area contributed by atoms with Crippen LogP contribution < -0.4 is 0 Å². The number of likely N-dealkylation sites (N-methyl/N-ethyl adjacent to an activating group) is 1. The van der Waals surface area contributed by atoms with Crippen molar-refractivity contribution in [2.45, 2.75) is 32.4 Å². The summed E-state index contributed by atoms with van der Waals surface area (Å²) < 4.78 is 31.5. The van der Waals surface area contributed by atoms with Gasteiger partial charge in [0.2, 0.25) is 0 Å². The van der Waals surface area contributed by atoms with E-state index in [4.69, 9.17) is 16.3 Å². The van der Waals surface area contributed by atoms with E-state index in [-0.39, 0.29) is 10.6 Å². The molecule has 0 N–H and O–H groups in total. The molecule has 0 heterocycles. The number of aldehydes is 1. The van der Waals surface area contributed by atoms with Crippen molar-refractivity contribution in [3.63, 3.8) is 0 Å². The smallest absolute Gasteiger partial charge is 0.410 e. The van der Waals surface area contributed by atoms with Gasteiger partial charge in [0.25, 0.3) is 0 Å². The van der Waals surface area contributed by atoms with Gasteiger partial charge < -0.3 is 9.53 Å². The molecular formula is C14H16ClF2NO3. The summed E-state index contributed by atoms with van der Waals surface area (Å²) in [6.45, 7) is 5.00. The van der Waals surface area contributed by atoms with Gasteiger partial charge in [-0.3, -0.25) is 4.90 Å². The van der Waals surface area contributed by atoms with Gasteiger partial charge in [-0.1, -0.05) is 11.6 Å². The van der Waals surface area contributed by atoms with Gasteiger partial charge in [0.05, 0.1) is 0 Å². The van der Waals surface area contributed by atoms with Gasteiger partial charge >= 0.3 is 6.09 Å². The van der Waals surface area contributed by atoms with Crippen LogP contribution in [0.25, 0.3) is 0 Å². The molecule has 0 aromatic heterocycles. The van der Waals surface area contributed by atoms with Crippen LogP contribution in [0.3, 0.4) is 0 Å². The van der Waals surface area contributed by atoms with E-state index in [1.54, 1.807) is 20.8 Å². The molecule has 0 radical (unpaired) electrons. The molecule has 1 atom stereocenters. The fourth-order valence-corrected chi connectivity index (χ4v) is 1.85. The Bertz CT molecular complexity index is 558. The molecule has 0 saturated carbocycles. The predicted octanol–water partition coefficient (Wildman–Crippen LogP) is 3.73. The number of hydrogen-bond donors (Lipinski definition) is 0. The first-order chi connectivity index (χ1) is 9.56. The van der Waals surface area contributed by atoms with Crippen molar-refractivity contribution in [3.8, 4) is 0 Å². The number of ether oxygens (including phenoxy) is 1. The van der Waals surface area contributed by atoms with E-state index in [1.165, 1.54) is 7.05 Å². The average molecular weight is 320 g/mol. The third-order valence-corrected chi connectivity index (χ3v) is 2.91. The second-order valence-corrected chi connectivity index (χ2v) is 5.87. The average Bonchev–Trinajstić information content (AvgIpc) is 2.34. The summed E-state index contributed by atoms with van der Waals surface area (Å²) in [5, 5.41) is -0.151. The highest BCUT2D eigenvalue weighted by atomic mass is 35.5.